The van der Waals surface area contributed by atoms with Crippen molar-refractivity contribution in [3.63, 3.8) is 0 Å². The first-order chi connectivity index (χ1) is 6.58. The molecule has 2 aromatic heterocycles. The summed E-state index contributed by atoms with van der Waals surface area (Å²) in [6.45, 7) is 8.92. The van der Waals surface area contributed by atoms with E-state index in [0.29, 0.717) is 0 Å². The Bertz CT molecular complexity index is 377. The third-order valence-electron chi connectivity index (χ3n) is 2.81. The molecule has 0 aliphatic rings. The Hall–Kier alpha value is -0.440. The summed E-state index contributed by atoms with van der Waals surface area (Å²) in [7, 11) is 0.0195. The molecule has 0 saturated carbocycles. The van der Waals surface area contributed by atoms with Crippen molar-refractivity contribution in [1.82, 2.24) is 0 Å². The summed E-state index contributed by atoms with van der Waals surface area (Å²) in [5.41, 5.74) is 5.95. The molecular weight excluding hydrogens is 206 g/mol. The van der Waals surface area contributed by atoms with Crippen molar-refractivity contribution in [2.24, 2.45) is 0 Å². The van der Waals surface area contributed by atoms with Gasteiger partial charge in [-0.3, -0.25) is 0 Å². The van der Waals surface area contributed by atoms with Crippen molar-refractivity contribution in [3.8, 4) is 0 Å². The van der Waals surface area contributed by atoms with Gasteiger partial charge in [-0.2, -0.15) is 0 Å². The van der Waals surface area contributed by atoms with Gasteiger partial charge in [-0.1, -0.05) is 14.4 Å². The standard InChI is InChI=1S/C12H16P2/c1-9-5-13(6-10(9)2)14-7-11(3)12(4)8-14/h5-8H,1-4H3. The molecular formula is C12H16P2. The molecule has 0 fully saturated rings. The largest absolute Gasteiger partial charge is 0.0759 e. The third kappa shape index (κ3) is 1.70. The van der Waals surface area contributed by atoms with Gasteiger partial charge in [0.15, 0.2) is 0 Å². The summed E-state index contributed by atoms with van der Waals surface area (Å²) in [6, 6.07) is 0. The lowest BCUT2D eigenvalue weighted by Gasteiger charge is -1.92. The fourth-order valence-corrected chi connectivity index (χ4v) is 8.30. The Labute approximate surface area is 88.0 Å². The molecule has 0 aliphatic heterocycles. The van der Waals surface area contributed by atoms with Crippen LogP contribution >= 0.6 is 14.4 Å². The molecule has 0 radical (unpaired) electrons. The second-order valence-corrected chi connectivity index (χ2v) is 9.33. The van der Waals surface area contributed by atoms with Crippen LogP contribution in [0.5, 0.6) is 0 Å². The fourth-order valence-electron chi connectivity index (χ4n) is 1.54. The molecule has 0 atom stereocenters. The van der Waals surface area contributed by atoms with E-state index in [1.54, 1.807) is 0 Å². The van der Waals surface area contributed by atoms with E-state index in [0.717, 1.165) is 0 Å². The quantitative estimate of drug-likeness (QED) is 0.621. The maximum atomic E-state index is 2.48. The summed E-state index contributed by atoms with van der Waals surface area (Å²) in [4.78, 5) is 0. The summed E-state index contributed by atoms with van der Waals surface area (Å²) >= 11 is 0. The Morgan fingerprint density at radius 3 is 1.00 bits per heavy atom. The molecule has 0 spiro atoms. The van der Waals surface area contributed by atoms with Gasteiger partial charge in [-0.15, -0.1) is 0 Å². The van der Waals surface area contributed by atoms with Crippen LogP contribution in [0.4, 0.5) is 0 Å². The van der Waals surface area contributed by atoms with Crippen LogP contribution in [-0.4, -0.2) is 0 Å². The fraction of sp³-hybridized carbons (Fsp3) is 0.333. The highest BCUT2D eigenvalue weighted by Crippen LogP contribution is 2.58. The zero-order chi connectivity index (χ0) is 10.3. The lowest BCUT2D eigenvalue weighted by Crippen LogP contribution is -1.63. The molecule has 2 rings (SSSR count). The first-order valence-electron chi connectivity index (χ1n) is 4.89. The zero-order valence-electron chi connectivity index (χ0n) is 9.20. The van der Waals surface area contributed by atoms with Crippen LogP contribution in [-0.2, 0) is 0 Å². The van der Waals surface area contributed by atoms with E-state index < -0.39 is 0 Å². The van der Waals surface area contributed by atoms with Crippen LogP contribution in [0.3, 0.4) is 0 Å². The Balaban J connectivity index is 2.49. The molecule has 0 unspecified atom stereocenters. The first-order valence-corrected chi connectivity index (χ1v) is 8.55. The van der Waals surface area contributed by atoms with Gasteiger partial charge < -0.3 is 0 Å². The summed E-state index contributed by atoms with van der Waals surface area (Å²) < 4.78 is 0. The molecule has 0 bridgehead atoms. The Morgan fingerprint density at radius 1 is 0.571 bits per heavy atom. The summed E-state index contributed by atoms with van der Waals surface area (Å²) in [5.74, 6) is 9.93. The number of aryl methyl sites for hydroxylation is 4. The van der Waals surface area contributed by atoms with Crippen LogP contribution < -0.4 is 0 Å². The van der Waals surface area contributed by atoms with Crippen molar-refractivity contribution in [1.29, 1.82) is 0 Å². The minimum absolute atomic E-state index is 0.00977. The monoisotopic (exact) mass is 222 g/mol. The van der Waals surface area contributed by atoms with Gasteiger partial charge in [0.2, 0.25) is 0 Å². The summed E-state index contributed by atoms with van der Waals surface area (Å²) in [6.07, 6.45) is 0. The topological polar surface area (TPSA) is 0 Å². The van der Waals surface area contributed by atoms with Crippen molar-refractivity contribution in [2.75, 3.05) is 0 Å². The van der Waals surface area contributed by atoms with E-state index >= 15 is 0 Å². The van der Waals surface area contributed by atoms with Crippen molar-refractivity contribution >= 4 is 14.4 Å². The average Bonchev–Trinajstić information content (AvgIpc) is 2.60. The highest BCUT2D eigenvalue weighted by molar-refractivity contribution is 8.21. The minimum Gasteiger partial charge on any atom is -0.0759 e. The SMILES string of the molecule is Cc1cp(-p2cc(C)c(C)c2)cc1C. The van der Waals surface area contributed by atoms with E-state index in [9.17, 15) is 0 Å². The van der Waals surface area contributed by atoms with Gasteiger partial charge in [0.25, 0.3) is 0 Å². The van der Waals surface area contributed by atoms with Crippen LogP contribution in [0.25, 0.3) is 0 Å². The minimum atomic E-state index is 0.00977. The van der Waals surface area contributed by atoms with Crippen LogP contribution in [0.15, 0.2) is 23.2 Å². The average molecular weight is 222 g/mol. The Morgan fingerprint density at radius 2 is 0.786 bits per heavy atom. The predicted octanol–water partition coefficient (Wildman–Crippen LogP) is 5.20. The summed E-state index contributed by atoms with van der Waals surface area (Å²) in [5, 5.41) is 0. The highest BCUT2D eigenvalue weighted by Gasteiger charge is 2.04. The van der Waals surface area contributed by atoms with Gasteiger partial charge >= 0.3 is 0 Å². The lowest BCUT2D eigenvalue weighted by atomic mass is 10.2. The number of hydrogen-bond donors (Lipinski definition) is 0. The van der Waals surface area contributed by atoms with E-state index in [2.05, 4.69) is 50.9 Å². The molecule has 0 saturated heterocycles. The van der Waals surface area contributed by atoms with E-state index in [-0.39, 0.29) is 14.4 Å². The molecule has 2 aromatic rings. The molecule has 14 heavy (non-hydrogen) atoms. The predicted molar refractivity (Wildman–Crippen MR) is 68.0 cm³/mol. The molecule has 0 nitrogen and oxygen atoms in total. The highest BCUT2D eigenvalue weighted by atomic mass is 32.0. The van der Waals surface area contributed by atoms with Gasteiger partial charge in [-0.25, -0.2) is 0 Å². The number of rotatable bonds is 1. The van der Waals surface area contributed by atoms with Crippen LogP contribution in [0, 0.1) is 27.7 Å². The van der Waals surface area contributed by atoms with Gasteiger partial charge in [-0.05, 0) is 73.1 Å². The maximum absolute atomic E-state index is 2.48. The molecule has 2 heterocycles. The second-order valence-electron chi connectivity index (χ2n) is 4.01. The van der Waals surface area contributed by atoms with Crippen LogP contribution in [0.2, 0.25) is 0 Å². The third-order valence-corrected chi connectivity index (χ3v) is 8.94. The molecule has 74 valence electrons. The van der Waals surface area contributed by atoms with E-state index in [1.165, 1.54) is 22.3 Å². The van der Waals surface area contributed by atoms with Crippen molar-refractivity contribution < 1.29 is 0 Å². The second kappa shape index (κ2) is 3.61. The van der Waals surface area contributed by atoms with Gasteiger partial charge in [0, 0.05) is 0 Å². The van der Waals surface area contributed by atoms with Crippen molar-refractivity contribution in [2.45, 2.75) is 27.7 Å². The normalized spacial score (nSPS) is 10.9. The van der Waals surface area contributed by atoms with Crippen molar-refractivity contribution in [3.05, 3.63) is 45.4 Å². The van der Waals surface area contributed by atoms with Gasteiger partial charge in [0.05, 0.1) is 0 Å². The smallest absolute Gasteiger partial charge is 0.0314 e. The van der Waals surface area contributed by atoms with Gasteiger partial charge in [0.1, 0.15) is 0 Å². The lowest BCUT2D eigenvalue weighted by molar-refractivity contribution is 1.41. The zero-order valence-corrected chi connectivity index (χ0v) is 11.0. The Kier molecular flexibility index (Phi) is 2.60. The number of hydrogen-bond acceptors (Lipinski definition) is 0. The van der Waals surface area contributed by atoms with E-state index in [4.69, 9.17) is 0 Å². The first kappa shape index (κ1) is 10.1. The molecule has 0 N–H and O–H groups in total. The molecule has 0 aliphatic carbocycles. The molecule has 0 amide bonds. The maximum Gasteiger partial charge on any atom is -0.0314 e. The van der Waals surface area contributed by atoms with Crippen LogP contribution in [0.1, 0.15) is 22.3 Å². The molecule has 0 aromatic carbocycles. The molecule has 2 heteroatoms. The van der Waals surface area contributed by atoms with E-state index in [1.807, 2.05) is 0 Å².